The Morgan fingerprint density at radius 2 is 1.78 bits per heavy atom. The molecule has 3 aromatic rings. The van der Waals surface area contributed by atoms with Crippen molar-refractivity contribution in [3.63, 3.8) is 0 Å². The molecule has 1 aliphatic rings. The van der Waals surface area contributed by atoms with Crippen molar-refractivity contribution in [1.29, 1.82) is 0 Å². The Morgan fingerprint density at radius 1 is 1.04 bits per heavy atom. The van der Waals surface area contributed by atoms with Crippen LogP contribution in [0.4, 0.5) is 10.3 Å². The minimum absolute atomic E-state index is 0.153. The molecule has 0 spiro atoms. The third kappa shape index (κ3) is 2.59. The van der Waals surface area contributed by atoms with Gasteiger partial charge in [0.25, 0.3) is 0 Å². The highest BCUT2D eigenvalue weighted by atomic mass is 35.5. The smallest absolute Gasteiger partial charge is 0.226 e. The Balaban J connectivity index is 1.79. The van der Waals surface area contributed by atoms with E-state index in [-0.39, 0.29) is 11.9 Å². The lowest BCUT2D eigenvalue weighted by Crippen LogP contribution is -2.20. The standard InChI is InChI=1S/C17H12ClFN4/c18-13-5-1-11(2-6-13)15-9-16(12-3-7-14(19)8-4-12)23-17(22-15)20-10-21-23/h1-10,16H,(H,20,21,22)/t16-/m0/s1. The van der Waals surface area contributed by atoms with Crippen LogP contribution in [0.5, 0.6) is 0 Å². The van der Waals surface area contributed by atoms with E-state index in [2.05, 4.69) is 15.4 Å². The van der Waals surface area contributed by atoms with Gasteiger partial charge in [-0.2, -0.15) is 10.1 Å². The molecule has 1 aromatic heterocycles. The van der Waals surface area contributed by atoms with Gasteiger partial charge in [-0.1, -0.05) is 35.9 Å². The summed E-state index contributed by atoms with van der Waals surface area (Å²) in [5.41, 5.74) is 2.85. The number of nitrogens with one attached hydrogen (secondary N) is 1. The molecule has 1 N–H and O–H groups in total. The molecular weight excluding hydrogens is 315 g/mol. The molecule has 0 fully saturated rings. The summed E-state index contributed by atoms with van der Waals surface area (Å²) in [6, 6.07) is 13.8. The fourth-order valence-electron chi connectivity index (χ4n) is 2.63. The van der Waals surface area contributed by atoms with Crippen LogP contribution in [0.25, 0.3) is 5.70 Å². The van der Waals surface area contributed by atoms with Gasteiger partial charge in [0.1, 0.15) is 18.2 Å². The number of fused-ring (bicyclic) bond motifs is 1. The molecule has 0 saturated heterocycles. The van der Waals surface area contributed by atoms with Crippen LogP contribution in [0.2, 0.25) is 5.02 Å². The van der Waals surface area contributed by atoms with Crippen molar-refractivity contribution in [3.05, 3.63) is 82.9 Å². The first-order valence-electron chi connectivity index (χ1n) is 7.10. The average molecular weight is 327 g/mol. The summed E-state index contributed by atoms with van der Waals surface area (Å²) in [7, 11) is 0. The first-order valence-corrected chi connectivity index (χ1v) is 7.48. The van der Waals surface area contributed by atoms with Crippen molar-refractivity contribution in [2.75, 3.05) is 5.32 Å². The molecule has 2 heterocycles. The summed E-state index contributed by atoms with van der Waals surface area (Å²) < 4.78 is 15.0. The monoisotopic (exact) mass is 326 g/mol. The van der Waals surface area contributed by atoms with E-state index < -0.39 is 0 Å². The summed E-state index contributed by atoms with van der Waals surface area (Å²) in [6.45, 7) is 0. The second-order valence-electron chi connectivity index (χ2n) is 5.24. The maximum atomic E-state index is 13.2. The molecule has 0 unspecified atom stereocenters. The second kappa shape index (κ2) is 5.52. The third-order valence-electron chi connectivity index (χ3n) is 3.77. The molecule has 1 aliphatic heterocycles. The predicted octanol–water partition coefficient (Wildman–Crippen LogP) is 4.13. The molecule has 2 aromatic carbocycles. The molecular formula is C17H12ClFN4. The maximum absolute atomic E-state index is 13.2. The minimum atomic E-state index is -0.261. The third-order valence-corrected chi connectivity index (χ3v) is 4.03. The molecule has 0 amide bonds. The Labute approximate surface area is 137 Å². The van der Waals surface area contributed by atoms with Crippen LogP contribution in [0.1, 0.15) is 17.2 Å². The first kappa shape index (κ1) is 14.0. The first-order chi connectivity index (χ1) is 11.2. The zero-order chi connectivity index (χ0) is 15.8. The van der Waals surface area contributed by atoms with E-state index in [1.165, 1.54) is 18.5 Å². The van der Waals surface area contributed by atoms with E-state index >= 15 is 0 Å². The van der Waals surface area contributed by atoms with Crippen LogP contribution in [0, 0.1) is 5.82 Å². The van der Waals surface area contributed by atoms with Crippen LogP contribution in [0.15, 0.2) is 60.9 Å². The molecule has 0 radical (unpaired) electrons. The number of benzene rings is 2. The minimum Gasteiger partial charge on any atom is -0.324 e. The van der Waals surface area contributed by atoms with Crippen molar-refractivity contribution < 1.29 is 4.39 Å². The molecule has 0 saturated carbocycles. The van der Waals surface area contributed by atoms with E-state index in [0.717, 1.165) is 16.8 Å². The highest BCUT2D eigenvalue weighted by molar-refractivity contribution is 6.30. The van der Waals surface area contributed by atoms with Gasteiger partial charge in [-0.05, 0) is 41.5 Å². The highest BCUT2D eigenvalue weighted by Gasteiger charge is 2.23. The van der Waals surface area contributed by atoms with Crippen LogP contribution in [-0.2, 0) is 0 Å². The van der Waals surface area contributed by atoms with E-state index in [1.807, 2.05) is 30.3 Å². The molecule has 4 nitrogen and oxygen atoms in total. The van der Waals surface area contributed by atoms with Gasteiger partial charge in [0.05, 0.1) is 0 Å². The summed E-state index contributed by atoms with van der Waals surface area (Å²) in [6.07, 6.45) is 3.54. The molecule has 6 heteroatoms. The van der Waals surface area contributed by atoms with Gasteiger partial charge in [0.15, 0.2) is 0 Å². The lowest BCUT2D eigenvalue weighted by molar-refractivity contribution is 0.603. The Bertz CT molecular complexity index is 868. The summed E-state index contributed by atoms with van der Waals surface area (Å²) in [4.78, 5) is 4.24. The number of rotatable bonds is 2. The molecule has 0 aliphatic carbocycles. The lowest BCUT2D eigenvalue weighted by Gasteiger charge is -2.24. The summed E-state index contributed by atoms with van der Waals surface area (Å²) in [5, 5.41) is 8.20. The van der Waals surface area contributed by atoms with Crippen molar-refractivity contribution in [2.45, 2.75) is 6.04 Å². The van der Waals surface area contributed by atoms with Crippen LogP contribution in [-0.4, -0.2) is 14.8 Å². The van der Waals surface area contributed by atoms with Crippen LogP contribution in [0.3, 0.4) is 0 Å². The maximum Gasteiger partial charge on any atom is 0.226 e. The van der Waals surface area contributed by atoms with E-state index in [1.54, 1.807) is 16.8 Å². The molecule has 1 atom stereocenters. The normalized spacial score (nSPS) is 16.4. The van der Waals surface area contributed by atoms with E-state index in [0.29, 0.717) is 11.0 Å². The highest BCUT2D eigenvalue weighted by Crippen LogP contribution is 2.32. The molecule has 23 heavy (non-hydrogen) atoms. The Kier molecular flexibility index (Phi) is 3.35. The number of hydrogen-bond donors (Lipinski definition) is 1. The van der Waals surface area contributed by atoms with Gasteiger partial charge in [0, 0.05) is 10.7 Å². The van der Waals surface area contributed by atoms with Gasteiger partial charge in [-0.25, -0.2) is 9.07 Å². The second-order valence-corrected chi connectivity index (χ2v) is 5.67. The Morgan fingerprint density at radius 3 is 2.52 bits per heavy atom. The molecule has 4 rings (SSSR count). The molecule has 114 valence electrons. The largest absolute Gasteiger partial charge is 0.324 e. The van der Waals surface area contributed by atoms with Crippen LogP contribution >= 0.6 is 11.6 Å². The van der Waals surface area contributed by atoms with E-state index in [9.17, 15) is 4.39 Å². The quantitative estimate of drug-likeness (QED) is 0.770. The zero-order valence-corrected chi connectivity index (χ0v) is 12.7. The Hall–Kier alpha value is -2.66. The number of nitrogens with zero attached hydrogens (tertiary/aromatic N) is 3. The number of hydrogen-bond acceptors (Lipinski definition) is 3. The summed E-state index contributed by atoms with van der Waals surface area (Å²) in [5.74, 6) is 0.384. The average Bonchev–Trinajstić information content (AvgIpc) is 3.04. The fraction of sp³-hybridized carbons (Fsp3) is 0.0588. The van der Waals surface area contributed by atoms with Crippen molar-refractivity contribution in [3.8, 4) is 0 Å². The zero-order valence-electron chi connectivity index (χ0n) is 11.9. The van der Waals surface area contributed by atoms with Gasteiger partial charge in [-0.3, -0.25) is 0 Å². The summed E-state index contributed by atoms with van der Waals surface area (Å²) >= 11 is 5.95. The lowest BCUT2D eigenvalue weighted by atomic mass is 10.0. The fourth-order valence-corrected chi connectivity index (χ4v) is 2.75. The number of allylic oxidation sites excluding steroid dienone is 1. The van der Waals surface area contributed by atoms with Crippen molar-refractivity contribution >= 4 is 23.2 Å². The predicted molar refractivity (Wildman–Crippen MR) is 87.6 cm³/mol. The van der Waals surface area contributed by atoms with Crippen molar-refractivity contribution in [1.82, 2.24) is 14.8 Å². The molecule has 0 bridgehead atoms. The topological polar surface area (TPSA) is 42.7 Å². The van der Waals surface area contributed by atoms with Gasteiger partial charge >= 0.3 is 0 Å². The van der Waals surface area contributed by atoms with E-state index in [4.69, 9.17) is 11.6 Å². The number of halogens is 2. The van der Waals surface area contributed by atoms with Gasteiger partial charge in [-0.15, -0.1) is 0 Å². The van der Waals surface area contributed by atoms with Gasteiger partial charge < -0.3 is 5.32 Å². The van der Waals surface area contributed by atoms with Gasteiger partial charge in [0.2, 0.25) is 5.95 Å². The SMILES string of the molecule is Fc1ccc([C@@H]2C=C(c3ccc(Cl)cc3)Nc3ncnn32)cc1. The number of anilines is 1. The number of aromatic nitrogens is 3. The van der Waals surface area contributed by atoms with Crippen LogP contribution < -0.4 is 5.32 Å². The van der Waals surface area contributed by atoms with Crippen molar-refractivity contribution in [2.24, 2.45) is 0 Å².